The average molecular weight is 643 g/mol. The quantitative estimate of drug-likeness (QED) is 0.169. The van der Waals surface area contributed by atoms with Crippen molar-refractivity contribution in [2.45, 2.75) is 12.8 Å². The van der Waals surface area contributed by atoms with Gasteiger partial charge in [0.15, 0.2) is 17.3 Å². The molecule has 41 heavy (non-hydrogen) atoms. The van der Waals surface area contributed by atoms with Gasteiger partial charge in [0.25, 0.3) is 5.56 Å². The van der Waals surface area contributed by atoms with Crippen molar-refractivity contribution in [2.75, 3.05) is 7.11 Å². The van der Waals surface area contributed by atoms with Crippen LogP contribution in [0.2, 0.25) is 5.02 Å². The van der Waals surface area contributed by atoms with Gasteiger partial charge in [-0.1, -0.05) is 63.9 Å². The summed E-state index contributed by atoms with van der Waals surface area (Å²) in [6.07, 6.45) is -3.22. The molecule has 0 N–H and O–H groups in total. The maximum absolute atomic E-state index is 13.4. The minimum atomic E-state index is -4.57. The summed E-state index contributed by atoms with van der Waals surface area (Å²) >= 11 is 9.92. The number of ether oxygens (including phenoxy) is 2. The molecule has 0 radical (unpaired) electrons. The van der Waals surface area contributed by atoms with Gasteiger partial charge in [-0.05, 0) is 59.7 Å². The van der Waals surface area contributed by atoms with Gasteiger partial charge >= 0.3 is 6.18 Å². The first-order chi connectivity index (χ1) is 19.6. The second-order valence-corrected chi connectivity index (χ2v) is 10.2. The van der Waals surface area contributed by atoms with E-state index in [2.05, 4.69) is 26.0 Å². The van der Waals surface area contributed by atoms with Crippen molar-refractivity contribution in [2.24, 2.45) is 5.10 Å². The average Bonchev–Trinajstić information content (AvgIpc) is 2.96. The number of hydrogen-bond donors (Lipinski definition) is 0. The zero-order chi connectivity index (χ0) is 29.1. The summed E-state index contributed by atoms with van der Waals surface area (Å²) in [7, 11) is 1.46. The van der Waals surface area contributed by atoms with Gasteiger partial charge in [0.2, 0.25) is 0 Å². The molecule has 5 aromatic rings. The summed E-state index contributed by atoms with van der Waals surface area (Å²) in [6, 6.07) is 21.9. The Bertz CT molecular complexity index is 1820. The minimum Gasteiger partial charge on any atom is -0.493 e. The van der Waals surface area contributed by atoms with Crippen molar-refractivity contribution in [1.82, 2.24) is 9.66 Å². The fraction of sp³-hybridized carbons (Fsp3) is 0.100. The molecule has 0 spiro atoms. The Morgan fingerprint density at radius 2 is 1.78 bits per heavy atom. The lowest BCUT2D eigenvalue weighted by Gasteiger charge is -2.14. The van der Waals surface area contributed by atoms with E-state index in [1.807, 2.05) is 24.3 Å². The molecule has 0 aliphatic carbocycles. The second-order valence-electron chi connectivity index (χ2n) is 8.84. The fourth-order valence-corrected chi connectivity index (χ4v) is 4.61. The monoisotopic (exact) mass is 641 g/mol. The molecule has 0 atom stereocenters. The van der Waals surface area contributed by atoms with Crippen LogP contribution in [0.3, 0.4) is 0 Å². The maximum Gasteiger partial charge on any atom is 0.416 e. The van der Waals surface area contributed by atoms with Crippen LogP contribution in [-0.4, -0.2) is 23.0 Å². The zero-order valence-electron chi connectivity index (χ0n) is 21.3. The van der Waals surface area contributed by atoms with E-state index in [0.29, 0.717) is 22.6 Å². The Labute approximate surface area is 245 Å². The number of methoxy groups -OCH3 is 1. The number of hydrogen-bond acceptors (Lipinski definition) is 5. The summed E-state index contributed by atoms with van der Waals surface area (Å²) in [5.74, 6) is 0.602. The highest BCUT2D eigenvalue weighted by Gasteiger charge is 2.31. The van der Waals surface area contributed by atoms with E-state index in [-0.39, 0.29) is 28.4 Å². The number of benzene rings is 4. The molecule has 0 aliphatic heterocycles. The van der Waals surface area contributed by atoms with Crippen molar-refractivity contribution in [1.29, 1.82) is 0 Å². The third kappa shape index (κ3) is 6.28. The number of fused-ring (bicyclic) bond motifs is 1. The Kier molecular flexibility index (Phi) is 8.14. The van der Waals surface area contributed by atoms with E-state index in [0.717, 1.165) is 26.8 Å². The third-order valence-corrected chi connectivity index (χ3v) is 6.88. The van der Waals surface area contributed by atoms with Crippen LogP contribution in [0.4, 0.5) is 13.2 Å². The Hall–Kier alpha value is -4.15. The lowest BCUT2D eigenvalue weighted by Crippen LogP contribution is -2.20. The molecule has 0 amide bonds. The van der Waals surface area contributed by atoms with Crippen molar-refractivity contribution in [3.8, 4) is 22.9 Å². The van der Waals surface area contributed by atoms with E-state index in [1.54, 1.807) is 36.4 Å². The molecule has 0 saturated heterocycles. The van der Waals surface area contributed by atoms with Gasteiger partial charge < -0.3 is 9.47 Å². The van der Waals surface area contributed by atoms with Crippen LogP contribution in [0.1, 0.15) is 16.7 Å². The summed E-state index contributed by atoms with van der Waals surface area (Å²) in [4.78, 5) is 17.9. The molecule has 11 heteroatoms. The molecular formula is C30H20BrClF3N3O3. The molecule has 0 bridgehead atoms. The standard InChI is InChI=1S/C30H20BrClF3N3O3/c1-40-26-14-19(13-24(32)27(26)41-17-18-9-11-22(31)12-10-18)16-36-38-28(20-5-4-6-21(15-20)30(33,34)35)37-25-8-3-2-7-23(25)29(38)39/h2-16H,17H2,1H3. The van der Waals surface area contributed by atoms with Gasteiger partial charge in [-0.3, -0.25) is 4.79 Å². The summed E-state index contributed by atoms with van der Waals surface area (Å²) < 4.78 is 53.6. The van der Waals surface area contributed by atoms with Gasteiger partial charge in [-0.25, -0.2) is 4.98 Å². The van der Waals surface area contributed by atoms with Crippen molar-refractivity contribution in [3.63, 3.8) is 0 Å². The summed E-state index contributed by atoms with van der Waals surface area (Å²) in [5.41, 5.74) is 0.357. The molecule has 5 rings (SSSR count). The first-order valence-electron chi connectivity index (χ1n) is 12.1. The molecular weight excluding hydrogens is 623 g/mol. The first-order valence-corrected chi connectivity index (χ1v) is 13.3. The molecule has 0 unspecified atom stereocenters. The van der Waals surface area contributed by atoms with Crippen LogP contribution < -0.4 is 15.0 Å². The van der Waals surface area contributed by atoms with Crippen LogP contribution in [0.15, 0.2) is 99.3 Å². The minimum absolute atomic E-state index is 0.0523. The molecule has 4 aromatic carbocycles. The van der Waals surface area contributed by atoms with Crippen LogP contribution in [0.25, 0.3) is 22.3 Å². The highest BCUT2D eigenvalue weighted by molar-refractivity contribution is 9.10. The SMILES string of the molecule is COc1cc(C=Nn2c(-c3cccc(C(F)(F)F)c3)nc3ccccc3c2=O)cc(Cl)c1OCc1ccc(Br)cc1. The van der Waals surface area contributed by atoms with Gasteiger partial charge in [-0.15, -0.1) is 0 Å². The van der Waals surface area contributed by atoms with E-state index in [4.69, 9.17) is 21.1 Å². The van der Waals surface area contributed by atoms with Crippen molar-refractivity contribution < 1.29 is 22.6 Å². The number of alkyl halides is 3. The fourth-order valence-electron chi connectivity index (χ4n) is 4.07. The Morgan fingerprint density at radius 1 is 1.02 bits per heavy atom. The maximum atomic E-state index is 13.4. The number of nitrogens with zero attached hydrogens (tertiary/aromatic N) is 3. The number of halogens is 5. The van der Waals surface area contributed by atoms with Crippen molar-refractivity contribution in [3.05, 3.63) is 121 Å². The van der Waals surface area contributed by atoms with Crippen LogP contribution >= 0.6 is 27.5 Å². The largest absolute Gasteiger partial charge is 0.493 e. The molecule has 0 saturated carbocycles. The highest BCUT2D eigenvalue weighted by Crippen LogP contribution is 2.37. The molecule has 1 aromatic heterocycles. The zero-order valence-corrected chi connectivity index (χ0v) is 23.7. The molecule has 208 valence electrons. The lowest BCUT2D eigenvalue weighted by molar-refractivity contribution is -0.137. The number of rotatable bonds is 7. The summed E-state index contributed by atoms with van der Waals surface area (Å²) in [5, 5.41) is 4.82. The lowest BCUT2D eigenvalue weighted by atomic mass is 10.1. The van der Waals surface area contributed by atoms with Gasteiger partial charge in [0.05, 0.1) is 34.8 Å². The number of para-hydroxylation sites is 1. The predicted octanol–water partition coefficient (Wildman–Crippen LogP) is 7.97. The predicted molar refractivity (Wildman–Crippen MR) is 156 cm³/mol. The normalized spacial score (nSPS) is 11.8. The molecule has 1 heterocycles. The van der Waals surface area contributed by atoms with Crippen molar-refractivity contribution >= 4 is 44.6 Å². The molecule has 0 aliphatic rings. The third-order valence-electron chi connectivity index (χ3n) is 6.07. The molecule has 0 fully saturated rings. The molecule has 6 nitrogen and oxygen atoms in total. The Morgan fingerprint density at radius 3 is 2.51 bits per heavy atom. The van der Waals surface area contributed by atoms with E-state index in [1.165, 1.54) is 25.5 Å². The first kappa shape index (κ1) is 28.4. The Balaban J connectivity index is 1.54. The van der Waals surface area contributed by atoms with Crippen LogP contribution in [-0.2, 0) is 12.8 Å². The number of aromatic nitrogens is 2. The van der Waals surface area contributed by atoms with Gasteiger partial charge in [0, 0.05) is 10.0 Å². The smallest absolute Gasteiger partial charge is 0.416 e. The topological polar surface area (TPSA) is 65.7 Å². The van der Waals surface area contributed by atoms with E-state index < -0.39 is 17.3 Å². The summed E-state index contributed by atoms with van der Waals surface area (Å²) in [6.45, 7) is 0.245. The van der Waals surface area contributed by atoms with E-state index >= 15 is 0 Å². The van der Waals surface area contributed by atoms with E-state index in [9.17, 15) is 18.0 Å². The second kappa shape index (κ2) is 11.8. The van der Waals surface area contributed by atoms with Gasteiger partial charge in [0.1, 0.15) is 6.61 Å². The highest BCUT2D eigenvalue weighted by atomic mass is 79.9. The van der Waals surface area contributed by atoms with Gasteiger partial charge in [-0.2, -0.15) is 22.9 Å². The van der Waals surface area contributed by atoms with Crippen LogP contribution in [0.5, 0.6) is 11.5 Å². The van der Waals surface area contributed by atoms with Crippen LogP contribution in [0, 0.1) is 0 Å².